The molecule has 2 amide bonds. The maximum Gasteiger partial charge on any atom is 0.417 e. The van der Waals surface area contributed by atoms with E-state index in [0.717, 1.165) is 47.4 Å². The third-order valence-electron chi connectivity index (χ3n) is 5.20. The summed E-state index contributed by atoms with van der Waals surface area (Å²) in [6.45, 7) is -0.975. The lowest BCUT2D eigenvalue weighted by molar-refractivity contribution is -0.139. The van der Waals surface area contributed by atoms with Gasteiger partial charge in [-0.3, -0.25) is 9.59 Å². The molecule has 33 heavy (non-hydrogen) atoms. The molecule has 2 aromatic carbocycles. The normalized spacial score (nSPS) is 18.6. The first-order valence-corrected chi connectivity index (χ1v) is 11.1. The SMILES string of the molecule is N#CCNC(=O)[C@@H]1C[C@@H](S(=O)(=O)c2ccccc2C(F)(F)F)CN1C(=O)c1ccc(F)cc1. The lowest BCUT2D eigenvalue weighted by Crippen LogP contribution is -2.46. The summed E-state index contributed by atoms with van der Waals surface area (Å²) in [5.41, 5.74) is -1.39. The van der Waals surface area contributed by atoms with Crippen LogP contribution in [0, 0.1) is 17.1 Å². The summed E-state index contributed by atoms with van der Waals surface area (Å²) >= 11 is 0. The summed E-state index contributed by atoms with van der Waals surface area (Å²) < 4.78 is 79.8. The first-order valence-electron chi connectivity index (χ1n) is 9.58. The largest absolute Gasteiger partial charge is 0.417 e. The summed E-state index contributed by atoms with van der Waals surface area (Å²) in [6.07, 6.45) is -5.41. The van der Waals surface area contributed by atoms with Crippen LogP contribution in [0.25, 0.3) is 0 Å². The Morgan fingerprint density at radius 2 is 1.76 bits per heavy atom. The Morgan fingerprint density at radius 1 is 1.12 bits per heavy atom. The number of sulfone groups is 1. The summed E-state index contributed by atoms with van der Waals surface area (Å²) in [4.78, 5) is 25.5. The molecular formula is C21H17F4N3O4S. The maximum atomic E-state index is 13.4. The Morgan fingerprint density at radius 3 is 2.36 bits per heavy atom. The van der Waals surface area contributed by atoms with Crippen molar-refractivity contribution in [2.45, 2.75) is 28.8 Å². The summed E-state index contributed by atoms with van der Waals surface area (Å²) in [5.74, 6) is -2.25. The fourth-order valence-corrected chi connectivity index (χ4v) is 5.54. The summed E-state index contributed by atoms with van der Waals surface area (Å²) in [6, 6.07) is 8.28. The van der Waals surface area contributed by atoms with Crippen LogP contribution in [0.3, 0.4) is 0 Å². The van der Waals surface area contributed by atoms with E-state index >= 15 is 0 Å². The Hall–Kier alpha value is -3.46. The van der Waals surface area contributed by atoms with Crippen molar-refractivity contribution >= 4 is 21.7 Å². The Bertz CT molecular complexity index is 1210. The van der Waals surface area contributed by atoms with Gasteiger partial charge in [0.05, 0.1) is 21.8 Å². The molecule has 3 rings (SSSR count). The van der Waals surface area contributed by atoms with Crippen LogP contribution in [0.4, 0.5) is 17.6 Å². The second-order valence-electron chi connectivity index (χ2n) is 7.25. The van der Waals surface area contributed by atoms with Crippen molar-refractivity contribution in [1.29, 1.82) is 5.26 Å². The zero-order valence-electron chi connectivity index (χ0n) is 16.8. The van der Waals surface area contributed by atoms with Crippen molar-refractivity contribution in [3.63, 3.8) is 0 Å². The fraction of sp³-hybridized carbons (Fsp3) is 0.286. The number of benzene rings is 2. The molecule has 0 aliphatic carbocycles. The molecule has 0 aromatic heterocycles. The number of likely N-dealkylation sites (tertiary alicyclic amines) is 1. The van der Waals surface area contributed by atoms with Crippen molar-refractivity contribution in [2.75, 3.05) is 13.1 Å². The van der Waals surface area contributed by atoms with Gasteiger partial charge in [-0.05, 0) is 42.8 Å². The molecule has 12 heteroatoms. The lowest BCUT2D eigenvalue weighted by Gasteiger charge is -2.23. The molecule has 1 heterocycles. The van der Waals surface area contributed by atoms with E-state index in [4.69, 9.17) is 5.26 Å². The van der Waals surface area contributed by atoms with Gasteiger partial charge in [0, 0.05) is 12.1 Å². The van der Waals surface area contributed by atoms with Crippen LogP contribution in [0.1, 0.15) is 22.3 Å². The molecule has 2 aromatic rings. The standard InChI is InChI=1S/C21H17F4N3O4S/c22-14-7-5-13(6-8-14)20(30)28-12-15(11-17(28)19(29)27-10-9-26)33(31,32)18-4-2-1-3-16(18)21(23,24)25/h1-8,15,17H,10-12H2,(H,27,29)/t15-,17+/m1/s1. The quantitative estimate of drug-likeness (QED) is 0.520. The number of alkyl halides is 3. The van der Waals surface area contributed by atoms with E-state index in [2.05, 4.69) is 5.32 Å². The molecule has 0 radical (unpaired) electrons. The average Bonchev–Trinajstić information content (AvgIpc) is 3.23. The Kier molecular flexibility index (Phi) is 6.73. The first-order chi connectivity index (χ1) is 15.5. The fourth-order valence-electron chi connectivity index (χ4n) is 3.63. The van der Waals surface area contributed by atoms with Crippen LogP contribution in [0.15, 0.2) is 53.4 Å². The van der Waals surface area contributed by atoms with Crippen molar-refractivity contribution in [3.8, 4) is 6.07 Å². The number of nitriles is 1. The van der Waals surface area contributed by atoms with Gasteiger partial charge < -0.3 is 10.2 Å². The predicted octanol–water partition coefficient (Wildman–Crippen LogP) is 2.54. The number of amides is 2. The van der Waals surface area contributed by atoms with Crippen LogP contribution in [-0.2, 0) is 20.8 Å². The van der Waals surface area contributed by atoms with Crippen LogP contribution in [0.2, 0.25) is 0 Å². The van der Waals surface area contributed by atoms with E-state index in [9.17, 15) is 35.6 Å². The van der Waals surface area contributed by atoms with Crippen molar-refractivity contribution in [1.82, 2.24) is 10.2 Å². The van der Waals surface area contributed by atoms with Gasteiger partial charge in [0.1, 0.15) is 18.4 Å². The summed E-state index contributed by atoms with van der Waals surface area (Å²) in [5, 5.41) is 9.42. The highest BCUT2D eigenvalue weighted by molar-refractivity contribution is 7.92. The van der Waals surface area contributed by atoms with E-state index in [1.165, 1.54) is 0 Å². The minimum Gasteiger partial charge on any atom is -0.341 e. The molecule has 7 nitrogen and oxygen atoms in total. The summed E-state index contributed by atoms with van der Waals surface area (Å²) in [7, 11) is -4.61. The van der Waals surface area contributed by atoms with Crippen molar-refractivity contribution in [3.05, 3.63) is 65.5 Å². The third-order valence-corrected chi connectivity index (χ3v) is 7.39. The zero-order chi connectivity index (χ0) is 24.4. The van der Waals surface area contributed by atoms with Gasteiger partial charge in [-0.1, -0.05) is 12.1 Å². The second kappa shape index (κ2) is 9.19. The number of nitrogens with one attached hydrogen (secondary N) is 1. The van der Waals surface area contributed by atoms with Crippen molar-refractivity contribution in [2.24, 2.45) is 0 Å². The van der Waals surface area contributed by atoms with Crippen LogP contribution < -0.4 is 5.32 Å². The van der Waals surface area contributed by atoms with Crippen molar-refractivity contribution < 1.29 is 35.6 Å². The van der Waals surface area contributed by atoms with Gasteiger partial charge in [0.15, 0.2) is 9.84 Å². The number of carbonyl (C=O) groups is 2. The first kappa shape index (κ1) is 24.2. The van der Waals surface area contributed by atoms with Gasteiger partial charge in [-0.25, -0.2) is 12.8 Å². The van der Waals surface area contributed by atoms with E-state index in [0.29, 0.717) is 6.07 Å². The van der Waals surface area contributed by atoms with Crippen LogP contribution in [0.5, 0.6) is 0 Å². The molecule has 1 N–H and O–H groups in total. The molecular weight excluding hydrogens is 466 g/mol. The van der Waals surface area contributed by atoms with E-state index in [-0.39, 0.29) is 5.56 Å². The molecule has 1 aliphatic rings. The molecule has 0 bridgehead atoms. The van der Waals surface area contributed by atoms with Gasteiger partial charge in [0.2, 0.25) is 5.91 Å². The number of hydrogen-bond donors (Lipinski definition) is 1. The lowest BCUT2D eigenvalue weighted by atomic mass is 10.1. The Balaban J connectivity index is 2.00. The van der Waals surface area contributed by atoms with E-state index in [1.54, 1.807) is 6.07 Å². The molecule has 1 saturated heterocycles. The molecule has 174 valence electrons. The highest BCUT2D eigenvalue weighted by Gasteiger charge is 2.47. The van der Waals surface area contributed by atoms with Gasteiger partial charge in [-0.15, -0.1) is 0 Å². The van der Waals surface area contributed by atoms with Crippen LogP contribution >= 0.6 is 0 Å². The molecule has 0 unspecified atom stereocenters. The maximum absolute atomic E-state index is 13.4. The van der Waals surface area contributed by atoms with Crippen LogP contribution in [-0.4, -0.2) is 49.5 Å². The van der Waals surface area contributed by atoms with Gasteiger partial charge in [-0.2, -0.15) is 18.4 Å². The average molecular weight is 483 g/mol. The number of carbonyl (C=O) groups excluding carboxylic acids is 2. The number of halogens is 4. The minimum atomic E-state index is -4.94. The number of hydrogen-bond acceptors (Lipinski definition) is 5. The molecule has 0 spiro atoms. The molecule has 0 saturated carbocycles. The second-order valence-corrected chi connectivity index (χ2v) is 9.45. The minimum absolute atomic E-state index is 0.0387. The number of rotatable bonds is 5. The monoisotopic (exact) mass is 483 g/mol. The predicted molar refractivity (Wildman–Crippen MR) is 107 cm³/mol. The smallest absolute Gasteiger partial charge is 0.341 e. The van der Waals surface area contributed by atoms with Gasteiger partial charge >= 0.3 is 6.18 Å². The van der Waals surface area contributed by atoms with E-state index < -0.39 is 74.9 Å². The molecule has 1 fully saturated rings. The zero-order valence-corrected chi connectivity index (χ0v) is 17.7. The topological polar surface area (TPSA) is 107 Å². The highest BCUT2D eigenvalue weighted by atomic mass is 32.2. The third kappa shape index (κ3) is 4.98. The highest BCUT2D eigenvalue weighted by Crippen LogP contribution is 2.37. The van der Waals surface area contributed by atoms with E-state index in [1.807, 2.05) is 0 Å². The van der Waals surface area contributed by atoms with Gasteiger partial charge in [0.25, 0.3) is 5.91 Å². The molecule has 1 aliphatic heterocycles. The molecule has 2 atom stereocenters. The Labute approximate surface area is 186 Å². The number of nitrogens with zero attached hydrogens (tertiary/aromatic N) is 2.